The van der Waals surface area contributed by atoms with Crippen molar-refractivity contribution in [3.63, 3.8) is 0 Å². The lowest BCUT2D eigenvalue weighted by Gasteiger charge is -2.41. The van der Waals surface area contributed by atoms with Crippen molar-refractivity contribution < 1.29 is 8.42 Å². The van der Waals surface area contributed by atoms with E-state index in [0.717, 1.165) is 24.2 Å². The van der Waals surface area contributed by atoms with Crippen LogP contribution >= 0.6 is 33.9 Å². The molecule has 0 N–H and O–H groups in total. The molecule has 23 heavy (non-hydrogen) atoms. The van der Waals surface area contributed by atoms with Crippen molar-refractivity contribution in [2.24, 2.45) is 5.92 Å². The second-order valence-electron chi connectivity index (χ2n) is 6.03. The first kappa shape index (κ1) is 17.3. The fourth-order valence-corrected chi connectivity index (χ4v) is 4.83. The van der Waals surface area contributed by atoms with Crippen LogP contribution in [0, 0.1) is 5.92 Å². The molecule has 0 radical (unpaired) electrons. The summed E-state index contributed by atoms with van der Waals surface area (Å²) in [6, 6.07) is 6.78. The first-order valence-electron chi connectivity index (χ1n) is 7.22. The number of rotatable bonds is 2. The molecule has 0 aromatic heterocycles. The molecule has 1 aromatic carbocycles. The Bertz CT molecular complexity index is 788. The van der Waals surface area contributed by atoms with Crippen LogP contribution in [-0.2, 0) is 9.05 Å². The number of hydrogen-bond acceptors (Lipinski definition) is 3. The molecule has 3 unspecified atom stereocenters. The number of alkyl halides is 1. The molecule has 0 spiro atoms. The number of piperidine rings is 1. The van der Waals surface area contributed by atoms with Crippen LogP contribution in [-0.4, -0.2) is 38.8 Å². The predicted molar refractivity (Wildman–Crippen MR) is 94.9 cm³/mol. The lowest BCUT2D eigenvalue weighted by molar-refractivity contribution is 0.240. The van der Waals surface area contributed by atoms with Crippen molar-refractivity contribution in [1.82, 2.24) is 4.90 Å². The molecule has 3 nitrogen and oxygen atoms in total. The van der Waals surface area contributed by atoms with Gasteiger partial charge in [0, 0.05) is 40.6 Å². The summed E-state index contributed by atoms with van der Waals surface area (Å²) in [5.41, 5.74) is 2.06. The molecule has 1 heterocycles. The van der Waals surface area contributed by atoms with Gasteiger partial charge < -0.3 is 4.90 Å². The minimum atomic E-state index is -3.75. The number of nitrogens with zero attached hydrogens (tertiary/aromatic N) is 1. The van der Waals surface area contributed by atoms with E-state index in [1.807, 2.05) is 25.3 Å². The van der Waals surface area contributed by atoms with Crippen molar-refractivity contribution in [2.75, 3.05) is 20.1 Å². The van der Waals surface area contributed by atoms with E-state index in [4.69, 9.17) is 33.9 Å². The SMILES string of the molecule is CN1CC(c2cccc(S(=O)(=O)Cl)c2)C2=CC(Cl)=CC(Cl)C2C1. The van der Waals surface area contributed by atoms with Crippen LogP contribution in [0.25, 0.3) is 0 Å². The summed E-state index contributed by atoms with van der Waals surface area (Å²) in [5, 5.41) is 0.472. The molecule has 0 amide bonds. The number of allylic oxidation sites excluding steroid dienone is 3. The lowest BCUT2D eigenvalue weighted by Crippen LogP contribution is -2.42. The third-order valence-corrected chi connectivity index (χ3v) is 6.40. The van der Waals surface area contributed by atoms with Crippen LogP contribution in [0.15, 0.2) is 51.9 Å². The van der Waals surface area contributed by atoms with E-state index < -0.39 is 9.05 Å². The van der Waals surface area contributed by atoms with Gasteiger partial charge >= 0.3 is 0 Å². The van der Waals surface area contributed by atoms with Crippen molar-refractivity contribution in [3.05, 3.63) is 52.6 Å². The normalized spacial score (nSPS) is 28.8. The number of likely N-dealkylation sites (N-methyl/N-ethyl adjacent to an activating group) is 1. The second kappa shape index (κ2) is 6.41. The second-order valence-corrected chi connectivity index (χ2v) is 9.54. The monoisotopic (exact) mass is 391 g/mol. The maximum absolute atomic E-state index is 11.6. The molecule has 0 bridgehead atoms. The lowest BCUT2D eigenvalue weighted by atomic mass is 9.76. The van der Waals surface area contributed by atoms with Gasteiger partial charge in [-0.05, 0) is 36.9 Å². The van der Waals surface area contributed by atoms with Crippen molar-refractivity contribution in [3.8, 4) is 0 Å². The number of benzene rings is 1. The minimum absolute atomic E-state index is 0.0424. The van der Waals surface area contributed by atoms with Crippen LogP contribution in [0.4, 0.5) is 0 Å². The molecular weight excluding hydrogens is 377 g/mol. The van der Waals surface area contributed by atoms with E-state index >= 15 is 0 Å². The summed E-state index contributed by atoms with van der Waals surface area (Å²) in [5.74, 6) is 0.208. The van der Waals surface area contributed by atoms with E-state index in [1.54, 1.807) is 12.1 Å². The van der Waals surface area contributed by atoms with Gasteiger partial charge in [0.1, 0.15) is 0 Å². The number of likely N-dealkylation sites (tertiary alicyclic amines) is 1. The Kier molecular flexibility index (Phi) is 4.83. The van der Waals surface area contributed by atoms with Crippen molar-refractivity contribution in [1.29, 1.82) is 0 Å². The highest BCUT2D eigenvalue weighted by atomic mass is 35.7. The zero-order valence-electron chi connectivity index (χ0n) is 12.4. The summed E-state index contributed by atoms with van der Waals surface area (Å²) in [6.45, 7) is 1.63. The topological polar surface area (TPSA) is 37.4 Å². The summed E-state index contributed by atoms with van der Waals surface area (Å²) < 4.78 is 23.2. The number of hydrogen-bond donors (Lipinski definition) is 0. The first-order valence-corrected chi connectivity index (χ1v) is 10.3. The van der Waals surface area contributed by atoms with Gasteiger partial charge in [0.25, 0.3) is 9.05 Å². The van der Waals surface area contributed by atoms with Crippen LogP contribution < -0.4 is 0 Å². The zero-order chi connectivity index (χ0) is 16.8. The standard InChI is InChI=1S/C16H16Cl3NO2S/c1-20-8-14(10-3-2-4-12(5-10)23(19,21)22)13-6-11(17)7-16(18)15(13)9-20/h2-7,14-16H,8-9H2,1H3. The molecule has 2 aliphatic rings. The van der Waals surface area contributed by atoms with Crippen LogP contribution in [0.3, 0.4) is 0 Å². The number of halogens is 3. The molecule has 1 aromatic rings. The van der Waals surface area contributed by atoms with Crippen LogP contribution in [0.2, 0.25) is 0 Å². The maximum Gasteiger partial charge on any atom is 0.261 e. The Balaban J connectivity index is 2.05. The molecule has 1 fully saturated rings. The third kappa shape index (κ3) is 3.62. The smallest absolute Gasteiger partial charge is 0.261 e. The third-order valence-electron chi connectivity index (χ3n) is 4.38. The van der Waals surface area contributed by atoms with Crippen LogP contribution in [0.1, 0.15) is 11.5 Å². The molecule has 0 saturated carbocycles. The highest BCUT2D eigenvalue weighted by Crippen LogP contribution is 2.42. The highest BCUT2D eigenvalue weighted by Gasteiger charge is 2.36. The van der Waals surface area contributed by atoms with Gasteiger partial charge in [0.2, 0.25) is 0 Å². The average molecular weight is 393 g/mol. The molecule has 3 atom stereocenters. The Morgan fingerprint density at radius 1 is 1.26 bits per heavy atom. The predicted octanol–water partition coefficient (Wildman–Crippen LogP) is 3.93. The van der Waals surface area contributed by atoms with Crippen molar-refractivity contribution in [2.45, 2.75) is 16.2 Å². The molecule has 124 valence electrons. The fraction of sp³-hybridized carbons (Fsp3) is 0.375. The molecule has 1 aliphatic heterocycles. The van der Waals surface area contributed by atoms with Crippen molar-refractivity contribution >= 4 is 42.9 Å². The van der Waals surface area contributed by atoms with Crippen LogP contribution in [0.5, 0.6) is 0 Å². The molecule has 1 saturated heterocycles. The highest BCUT2D eigenvalue weighted by molar-refractivity contribution is 8.13. The summed E-state index contributed by atoms with van der Waals surface area (Å²) in [7, 11) is 3.76. The molecule has 1 aliphatic carbocycles. The van der Waals surface area contributed by atoms with Gasteiger partial charge in [-0.25, -0.2) is 8.42 Å². The van der Waals surface area contributed by atoms with E-state index in [-0.39, 0.29) is 22.1 Å². The van der Waals surface area contributed by atoms with Gasteiger partial charge in [-0.2, -0.15) is 0 Å². The molecule has 7 heteroatoms. The summed E-state index contributed by atoms with van der Waals surface area (Å²) in [6.07, 6.45) is 3.82. The van der Waals surface area contributed by atoms with Gasteiger partial charge in [0.05, 0.1) is 10.3 Å². The Morgan fingerprint density at radius 3 is 2.70 bits per heavy atom. The maximum atomic E-state index is 11.6. The van der Waals surface area contributed by atoms with Gasteiger partial charge in [-0.3, -0.25) is 0 Å². The van der Waals surface area contributed by atoms with E-state index in [1.165, 1.54) is 6.07 Å². The summed E-state index contributed by atoms with van der Waals surface area (Å²) in [4.78, 5) is 2.32. The summed E-state index contributed by atoms with van der Waals surface area (Å²) >= 11 is 12.7. The van der Waals surface area contributed by atoms with E-state index in [0.29, 0.717) is 5.03 Å². The Hall–Kier alpha value is -0.520. The van der Waals surface area contributed by atoms with Gasteiger partial charge in [-0.15, -0.1) is 11.6 Å². The average Bonchev–Trinajstić information content (AvgIpc) is 2.47. The Labute approximate surface area is 150 Å². The molecular formula is C16H16Cl3NO2S. The largest absolute Gasteiger partial charge is 0.305 e. The Morgan fingerprint density at radius 2 is 2.00 bits per heavy atom. The number of fused-ring (bicyclic) bond motifs is 1. The van der Waals surface area contributed by atoms with E-state index in [9.17, 15) is 8.42 Å². The van der Waals surface area contributed by atoms with Gasteiger partial charge in [-0.1, -0.05) is 29.3 Å². The quantitative estimate of drug-likeness (QED) is 0.565. The first-order chi connectivity index (χ1) is 10.8. The minimum Gasteiger partial charge on any atom is -0.305 e. The van der Waals surface area contributed by atoms with Gasteiger partial charge in [0.15, 0.2) is 0 Å². The molecule has 3 rings (SSSR count). The zero-order valence-corrected chi connectivity index (χ0v) is 15.5. The fourth-order valence-electron chi connectivity index (χ4n) is 3.34. The van der Waals surface area contributed by atoms with E-state index in [2.05, 4.69) is 4.90 Å².